The largest absolute Gasteiger partial charge is 0.434 e. The lowest BCUT2D eigenvalue weighted by Gasteiger charge is -2.11. The Labute approximate surface area is 160 Å². The summed E-state index contributed by atoms with van der Waals surface area (Å²) in [5.74, 6) is 0. The van der Waals surface area contributed by atoms with E-state index in [0.717, 1.165) is 22.9 Å². The third-order valence-electron chi connectivity index (χ3n) is 4.01. The first-order chi connectivity index (χ1) is 13.5. The molecule has 0 unspecified atom stereocenters. The molecule has 0 spiro atoms. The van der Waals surface area contributed by atoms with Crippen molar-refractivity contribution in [2.75, 3.05) is 0 Å². The fraction of sp³-hybridized carbons (Fsp3) is 0.158. The van der Waals surface area contributed by atoms with Crippen molar-refractivity contribution in [3.63, 3.8) is 0 Å². The van der Waals surface area contributed by atoms with Gasteiger partial charge in [-0.05, 0) is 37.3 Å². The third-order valence-corrected chi connectivity index (χ3v) is 4.01. The van der Waals surface area contributed by atoms with Gasteiger partial charge in [-0.2, -0.15) is 26.3 Å². The number of aromatic amines is 1. The number of aryl methyl sites for hydroxylation is 1. The highest BCUT2D eigenvalue weighted by atomic mass is 19.4. The molecule has 0 amide bonds. The number of nitrogens with one attached hydrogen (secondary N) is 1. The maximum Gasteiger partial charge on any atom is 0.434 e. The molecule has 0 saturated heterocycles. The van der Waals surface area contributed by atoms with Crippen LogP contribution in [0.1, 0.15) is 16.8 Å². The summed E-state index contributed by atoms with van der Waals surface area (Å²) in [5.41, 5.74) is -4.90. The Morgan fingerprint density at radius 1 is 0.966 bits per heavy atom. The van der Waals surface area contributed by atoms with Gasteiger partial charge in [0.25, 0.3) is 5.56 Å². The van der Waals surface area contributed by atoms with E-state index in [1.807, 2.05) is 0 Å². The van der Waals surface area contributed by atoms with Crippen LogP contribution < -0.4 is 5.56 Å². The van der Waals surface area contributed by atoms with Crippen LogP contribution in [0.5, 0.6) is 0 Å². The van der Waals surface area contributed by atoms with Crippen LogP contribution in [0.4, 0.5) is 32.0 Å². The highest BCUT2D eigenvalue weighted by molar-refractivity contribution is 6.06. The quantitative estimate of drug-likeness (QED) is 0.467. The standard InChI is InChI=1S/C19H13F6N3O/c1-11-15(17(29)28(27-11)14-8-3-2-4-9-14)16(19(23,24)25)26-13-7-5-6-12(10-13)18(20,21)22/h2-10,27H,1H3. The van der Waals surface area contributed by atoms with Gasteiger partial charge in [-0.25, -0.2) is 9.67 Å². The van der Waals surface area contributed by atoms with Crippen molar-refractivity contribution in [2.24, 2.45) is 4.99 Å². The second-order valence-electron chi connectivity index (χ2n) is 6.09. The maximum absolute atomic E-state index is 13.7. The lowest BCUT2D eigenvalue weighted by molar-refractivity contribution is -0.137. The van der Waals surface area contributed by atoms with Crippen molar-refractivity contribution in [3.8, 4) is 5.69 Å². The summed E-state index contributed by atoms with van der Waals surface area (Å²) in [7, 11) is 0. The van der Waals surface area contributed by atoms with Crippen molar-refractivity contribution in [1.82, 2.24) is 9.78 Å². The van der Waals surface area contributed by atoms with E-state index in [4.69, 9.17) is 0 Å². The fourth-order valence-electron chi connectivity index (χ4n) is 2.73. The zero-order chi connectivity index (χ0) is 21.4. The number of halogens is 6. The van der Waals surface area contributed by atoms with Crippen molar-refractivity contribution in [2.45, 2.75) is 19.3 Å². The molecule has 1 heterocycles. The van der Waals surface area contributed by atoms with Gasteiger partial charge >= 0.3 is 12.4 Å². The van der Waals surface area contributed by atoms with Crippen LogP contribution in [-0.2, 0) is 6.18 Å². The molecule has 0 aliphatic rings. The summed E-state index contributed by atoms with van der Waals surface area (Å²) in [6, 6.07) is 11.0. The van der Waals surface area contributed by atoms with Crippen molar-refractivity contribution in [1.29, 1.82) is 0 Å². The van der Waals surface area contributed by atoms with Crippen LogP contribution in [0.2, 0.25) is 0 Å². The Hall–Kier alpha value is -3.30. The first kappa shape index (κ1) is 20.4. The molecule has 29 heavy (non-hydrogen) atoms. The minimum absolute atomic E-state index is 0.123. The van der Waals surface area contributed by atoms with Crippen LogP contribution in [0.25, 0.3) is 5.69 Å². The topological polar surface area (TPSA) is 50.1 Å². The number of para-hydroxylation sites is 1. The van der Waals surface area contributed by atoms with Gasteiger partial charge in [0, 0.05) is 5.69 Å². The lowest BCUT2D eigenvalue weighted by atomic mass is 10.1. The molecule has 3 rings (SSSR count). The molecular formula is C19H13F6N3O. The molecule has 0 bridgehead atoms. The number of hydrogen-bond acceptors (Lipinski definition) is 2. The molecule has 0 saturated carbocycles. The Kier molecular flexibility index (Phi) is 5.12. The SMILES string of the molecule is Cc1[nH]n(-c2ccccc2)c(=O)c1C(=Nc1cccc(C(F)(F)F)c1)C(F)(F)F. The monoisotopic (exact) mass is 413 g/mol. The van der Waals surface area contributed by atoms with Gasteiger partial charge in [-0.15, -0.1) is 0 Å². The molecule has 2 aromatic carbocycles. The van der Waals surface area contributed by atoms with E-state index in [1.54, 1.807) is 18.2 Å². The average Bonchev–Trinajstić information content (AvgIpc) is 2.93. The van der Waals surface area contributed by atoms with Gasteiger partial charge in [0.15, 0.2) is 5.71 Å². The normalized spacial score (nSPS) is 13.0. The summed E-state index contributed by atoms with van der Waals surface area (Å²) in [6.45, 7) is 1.25. The second-order valence-corrected chi connectivity index (χ2v) is 6.09. The number of benzene rings is 2. The molecule has 0 aliphatic carbocycles. The number of nitrogens with zero attached hydrogens (tertiary/aromatic N) is 2. The van der Waals surface area contributed by atoms with Gasteiger partial charge in [-0.1, -0.05) is 24.3 Å². The second kappa shape index (κ2) is 7.26. The zero-order valence-corrected chi connectivity index (χ0v) is 14.8. The van der Waals surface area contributed by atoms with Crippen molar-refractivity contribution in [3.05, 3.63) is 81.8 Å². The Balaban J connectivity index is 2.19. The molecule has 0 atom stereocenters. The van der Waals surface area contributed by atoms with Crippen LogP contribution in [0.15, 0.2) is 64.4 Å². The summed E-state index contributed by atoms with van der Waals surface area (Å²) >= 11 is 0. The number of aliphatic imine (C=N–C) groups is 1. The van der Waals surface area contributed by atoms with Crippen LogP contribution in [-0.4, -0.2) is 21.7 Å². The third kappa shape index (κ3) is 4.25. The number of H-pyrrole nitrogens is 1. The minimum Gasteiger partial charge on any atom is -0.295 e. The first-order valence-corrected chi connectivity index (χ1v) is 8.19. The highest BCUT2D eigenvalue weighted by Crippen LogP contribution is 2.33. The molecule has 0 radical (unpaired) electrons. The number of hydrogen-bond donors (Lipinski definition) is 1. The molecule has 1 N–H and O–H groups in total. The van der Waals surface area contributed by atoms with Crippen molar-refractivity contribution >= 4 is 11.4 Å². The highest BCUT2D eigenvalue weighted by Gasteiger charge is 2.40. The Bertz CT molecular complexity index is 1110. The smallest absolute Gasteiger partial charge is 0.295 e. The molecule has 10 heteroatoms. The molecule has 0 aliphatic heterocycles. The molecule has 152 valence electrons. The van der Waals surface area contributed by atoms with E-state index >= 15 is 0 Å². The van der Waals surface area contributed by atoms with Gasteiger partial charge < -0.3 is 0 Å². The summed E-state index contributed by atoms with van der Waals surface area (Å²) in [6.07, 6.45) is -9.82. The summed E-state index contributed by atoms with van der Waals surface area (Å²) in [5, 5.41) is 2.55. The average molecular weight is 413 g/mol. The lowest BCUT2D eigenvalue weighted by Crippen LogP contribution is -2.30. The minimum atomic E-state index is -5.07. The van der Waals surface area contributed by atoms with E-state index in [-0.39, 0.29) is 5.69 Å². The molecule has 0 fully saturated rings. The van der Waals surface area contributed by atoms with E-state index in [9.17, 15) is 31.1 Å². The molecule has 4 nitrogen and oxygen atoms in total. The van der Waals surface area contributed by atoms with Crippen molar-refractivity contribution < 1.29 is 26.3 Å². The first-order valence-electron chi connectivity index (χ1n) is 8.19. The Morgan fingerprint density at radius 2 is 1.62 bits per heavy atom. The van der Waals surface area contributed by atoms with Gasteiger partial charge in [0.1, 0.15) is 0 Å². The molecule has 3 aromatic rings. The fourth-order valence-corrected chi connectivity index (χ4v) is 2.73. The van der Waals surface area contributed by atoms with Gasteiger partial charge in [-0.3, -0.25) is 9.89 Å². The van der Waals surface area contributed by atoms with E-state index < -0.39 is 40.4 Å². The summed E-state index contributed by atoms with van der Waals surface area (Å²) in [4.78, 5) is 16.0. The molecular weight excluding hydrogens is 400 g/mol. The molecule has 1 aromatic heterocycles. The van der Waals surface area contributed by atoms with Crippen LogP contribution in [0.3, 0.4) is 0 Å². The Morgan fingerprint density at radius 3 is 2.21 bits per heavy atom. The van der Waals surface area contributed by atoms with E-state index in [1.165, 1.54) is 19.1 Å². The number of rotatable bonds is 3. The number of aromatic nitrogens is 2. The summed E-state index contributed by atoms with van der Waals surface area (Å²) < 4.78 is 80.5. The number of alkyl halides is 6. The van der Waals surface area contributed by atoms with E-state index in [0.29, 0.717) is 11.8 Å². The van der Waals surface area contributed by atoms with Gasteiger partial charge in [0.2, 0.25) is 0 Å². The maximum atomic E-state index is 13.7. The predicted molar refractivity (Wildman–Crippen MR) is 94.8 cm³/mol. The predicted octanol–water partition coefficient (Wildman–Crippen LogP) is 5.18. The zero-order valence-electron chi connectivity index (χ0n) is 14.8. The van der Waals surface area contributed by atoms with E-state index in [2.05, 4.69) is 10.1 Å². The van der Waals surface area contributed by atoms with Crippen LogP contribution >= 0.6 is 0 Å². The van der Waals surface area contributed by atoms with Gasteiger partial charge in [0.05, 0.1) is 22.5 Å². The van der Waals surface area contributed by atoms with Crippen LogP contribution in [0, 0.1) is 6.92 Å².